The van der Waals surface area contributed by atoms with Crippen LogP contribution in [-0.2, 0) is 0 Å². The second kappa shape index (κ2) is 6.95. The van der Waals surface area contributed by atoms with Gasteiger partial charge in [-0.25, -0.2) is 4.79 Å². The van der Waals surface area contributed by atoms with E-state index < -0.39 is 6.03 Å². The number of nitrogens with two attached hydrogens (primary N) is 1. The van der Waals surface area contributed by atoms with Crippen LogP contribution in [0.15, 0.2) is 0 Å². The SMILES string of the molecule is CCCCC(CC)CNC(N)=O. The number of carbonyl (C=O) groups excluding carboxylic acids is 1. The molecule has 3 N–H and O–H groups in total. The van der Waals surface area contributed by atoms with Crippen molar-refractivity contribution in [1.82, 2.24) is 5.32 Å². The molecule has 0 heterocycles. The first-order chi connectivity index (χ1) is 5.70. The molecular formula is C9H20N2O. The lowest BCUT2D eigenvalue weighted by atomic mass is 9.99. The normalized spacial score (nSPS) is 12.5. The van der Waals surface area contributed by atoms with E-state index in [1.807, 2.05) is 0 Å². The zero-order chi connectivity index (χ0) is 9.40. The number of nitrogens with one attached hydrogen (secondary N) is 1. The highest BCUT2D eigenvalue weighted by Crippen LogP contribution is 2.10. The predicted molar refractivity (Wildman–Crippen MR) is 50.9 cm³/mol. The van der Waals surface area contributed by atoms with Gasteiger partial charge in [0, 0.05) is 6.54 Å². The fourth-order valence-electron chi connectivity index (χ4n) is 1.19. The average Bonchev–Trinajstić information content (AvgIpc) is 2.05. The minimum atomic E-state index is -0.412. The third-order valence-corrected chi connectivity index (χ3v) is 2.11. The zero-order valence-electron chi connectivity index (χ0n) is 8.10. The summed E-state index contributed by atoms with van der Waals surface area (Å²) in [5, 5.41) is 2.64. The van der Waals surface area contributed by atoms with Gasteiger partial charge in [0.2, 0.25) is 0 Å². The number of primary amides is 1. The van der Waals surface area contributed by atoms with Crippen molar-refractivity contribution in [3.05, 3.63) is 0 Å². The molecule has 0 saturated heterocycles. The van der Waals surface area contributed by atoms with E-state index >= 15 is 0 Å². The molecule has 0 radical (unpaired) electrons. The average molecular weight is 172 g/mol. The van der Waals surface area contributed by atoms with Crippen molar-refractivity contribution in [3.8, 4) is 0 Å². The molecule has 0 bridgehead atoms. The smallest absolute Gasteiger partial charge is 0.312 e. The van der Waals surface area contributed by atoms with E-state index in [-0.39, 0.29) is 0 Å². The monoisotopic (exact) mass is 172 g/mol. The Morgan fingerprint density at radius 3 is 2.58 bits per heavy atom. The maximum Gasteiger partial charge on any atom is 0.312 e. The van der Waals surface area contributed by atoms with Gasteiger partial charge in [-0.2, -0.15) is 0 Å². The minimum absolute atomic E-state index is 0.412. The van der Waals surface area contributed by atoms with E-state index in [2.05, 4.69) is 19.2 Å². The molecule has 0 aliphatic carbocycles. The summed E-state index contributed by atoms with van der Waals surface area (Å²) in [7, 11) is 0. The van der Waals surface area contributed by atoms with Crippen LogP contribution in [0.2, 0.25) is 0 Å². The highest BCUT2D eigenvalue weighted by Gasteiger charge is 2.05. The number of urea groups is 1. The zero-order valence-corrected chi connectivity index (χ0v) is 8.10. The molecule has 12 heavy (non-hydrogen) atoms. The number of hydrogen-bond donors (Lipinski definition) is 2. The maximum absolute atomic E-state index is 10.4. The standard InChI is InChI=1S/C9H20N2O/c1-3-5-6-8(4-2)7-11-9(10)12/h8H,3-7H2,1-2H3,(H3,10,11,12). The molecule has 1 atom stereocenters. The fourth-order valence-corrected chi connectivity index (χ4v) is 1.19. The number of rotatable bonds is 6. The summed E-state index contributed by atoms with van der Waals surface area (Å²) in [6.07, 6.45) is 4.75. The number of hydrogen-bond acceptors (Lipinski definition) is 1. The summed E-state index contributed by atoms with van der Waals surface area (Å²) in [6, 6.07) is -0.412. The van der Waals surface area contributed by atoms with Gasteiger partial charge in [-0.15, -0.1) is 0 Å². The van der Waals surface area contributed by atoms with Crippen LogP contribution < -0.4 is 11.1 Å². The molecule has 0 aromatic heterocycles. The predicted octanol–water partition coefficient (Wildman–Crippen LogP) is 1.87. The van der Waals surface area contributed by atoms with E-state index in [0.717, 1.165) is 13.0 Å². The molecule has 0 aromatic carbocycles. The molecule has 2 amide bonds. The van der Waals surface area contributed by atoms with Crippen LogP contribution in [0.3, 0.4) is 0 Å². The summed E-state index contributed by atoms with van der Waals surface area (Å²) in [6.45, 7) is 5.04. The van der Waals surface area contributed by atoms with Gasteiger partial charge >= 0.3 is 6.03 Å². The molecular weight excluding hydrogens is 152 g/mol. The van der Waals surface area contributed by atoms with Crippen molar-refractivity contribution in [2.45, 2.75) is 39.5 Å². The van der Waals surface area contributed by atoms with E-state index in [0.29, 0.717) is 5.92 Å². The van der Waals surface area contributed by atoms with Gasteiger partial charge in [0.15, 0.2) is 0 Å². The molecule has 0 aliphatic heterocycles. The Bertz CT molecular complexity index is 126. The van der Waals surface area contributed by atoms with Crippen LogP contribution in [0.4, 0.5) is 4.79 Å². The summed E-state index contributed by atoms with van der Waals surface area (Å²) in [5.41, 5.74) is 4.97. The quantitative estimate of drug-likeness (QED) is 0.631. The van der Waals surface area contributed by atoms with Crippen LogP contribution in [0.1, 0.15) is 39.5 Å². The van der Waals surface area contributed by atoms with Gasteiger partial charge in [-0.1, -0.05) is 33.1 Å². The topological polar surface area (TPSA) is 55.1 Å². The van der Waals surface area contributed by atoms with Gasteiger partial charge in [0.1, 0.15) is 0 Å². The van der Waals surface area contributed by atoms with E-state index in [4.69, 9.17) is 5.73 Å². The molecule has 0 aliphatic rings. The fraction of sp³-hybridized carbons (Fsp3) is 0.889. The lowest BCUT2D eigenvalue weighted by Crippen LogP contribution is -2.33. The molecule has 0 fully saturated rings. The van der Waals surface area contributed by atoms with Crippen molar-refractivity contribution in [2.24, 2.45) is 11.7 Å². The van der Waals surface area contributed by atoms with Gasteiger partial charge in [-0.3, -0.25) is 0 Å². The Hall–Kier alpha value is -0.730. The number of carbonyl (C=O) groups is 1. The Morgan fingerprint density at radius 1 is 1.50 bits per heavy atom. The summed E-state index contributed by atoms with van der Waals surface area (Å²) >= 11 is 0. The molecule has 72 valence electrons. The molecule has 1 unspecified atom stereocenters. The van der Waals surface area contributed by atoms with Crippen molar-refractivity contribution >= 4 is 6.03 Å². The Kier molecular flexibility index (Phi) is 6.53. The van der Waals surface area contributed by atoms with Crippen LogP contribution in [0, 0.1) is 5.92 Å². The van der Waals surface area contributed by atoms with Gasteiger partial charge in [-0.05, 0) is 12.3 Å². The first-order valence-electron chi connectivity index (χ1n) is 4.74. The largest absolute Gasteiger partial charge is 0.352 e. The van der Waals surface area contributed by atoms with Crippen molar-refractivity contribution < 1.29 is 4.79 Å². The Morgan fingerprint density at radius 2 is 2.17 bits per heavy atom. The summed E-state index contributed by atoms with van der Waals surface area (Å²) in [4.78, 5) is 10.4. The van der Waals surface area contributed by atoms with Crippen molar-refractivity contribution in [1.29, 1.82) is 0 Å². The van der Waals surface area contributed by atoms with E-state index in [9.17, 15) is 4.79 Å². The number of amides is 2. The molecule has 3 heteroatoms. The Balaban J connectivity index is 3.45. The molecule has 0 spiro atoms. The second-order valence-corrected chi connectivity index (χ2v) is 3.16. The second-order valence-electron chi connectivity index (χ2n) is 3.16. The first-order valence-corrected chi connectivity index (χ1v) is 4.74. The molecule has 3 nitrogen and oxygen atoms in total. The maximum atomic E-state index is 10.4. The highest BCUT2D eigenvalue weighted by molar-refractivity contribution is 5.71. The van der Waals surface area contributed by atoms with Crippen LogP contribution in [0.25, 0.3) is 0 Å². The third kappa shape index (κ3) is 6.01. The number of unbranched alkanes of at least 4 members (excludes halogenated alkanes) is 1. The van der Waals surface area contributed by atoms with Crippen molar-refractivity contribution in [2.75, 3.05) is 6.54 Å². The Labute approximate surface area is 74.7 Å². The first kappa shape index (κ1) is 11.3. The summed E-state index contributed by atoms with van der Waals surface area (Å²) in [5.74, 6) is 0.595. The van der Waals surface area contributed by atoms with Gasteiger partial charge < -0.3 is 11.1 Å². The molecule has 0 aromatic rings. The van der Waals surface area contributed by atoms with Gasteiger partial charge in [0.05, 0.1) is 0 Å². The highest BCUT2D eigenvalue weighted by atomic mass is 16.2. The molecule has 0 rings (SSSR count). The van der Waals surface area contributed by atoms with Crippen LogP contribution >= 0.6 is 0 Å². The van der Waals surface area contributed by atoms with Crippen LogP contribution in [0.5, 0.6) is 0 Å². The van der Waals surface area contributed by atoms with Crippen LogP contribution in [-0.4, -0.2) is 12.6 Å². The van der Waals surface area contributed by atoms with E-state index in [1.165, 1.54) is 19.3 Å². The van der Waals surface area contributed by atoms with Gasteiger partial charge in [0.25, 0.3) is 0 Å². The summed E-state index contributed by atoms with van der Waals surface area (Å²) < 4.78 is 0. The lowest BCUT2D eigenvalue weighted by molar-refractivity contribution is 0.246. The minimum Gasteiger partial charge on any atom is -0.352 e. The van der Waals surface area contributed by atoms with Crippen molar-refractivity contribution in [3.63, 3.8) is 0 Å². The molecule has 0 saturated carbocycles. The lowest BCUT2D eigenvalue weighted by Gasteiger charge is -2.13. The third-order valence-electron chi connectivity index (χ3n) is 2.11. The van der Waals surface area contributed by atoms with E-state index in [1.54, 1.807) is 0 Å².